The minimum atomic E-state index is -0.978. The van der Waals surface area contributed by atoms with Crippen LogP contribution in [0.4, 0.5) is 11.5 Å². The summed E-state index contributed by atoms with van der Waals surface area (Å²) < 4.78 is 0. The van der Waals surface area contributed by atoms with Gasteiger partial charge in [0, 0.05) is 76.2 Å². The Morgan fingerprint density at radius 3 is 2.23 bits per heavy atom. The Hall–Kier alpha value is -5.32. The van der Waals surface area contributed by atoms with Crippen molar-refractivity contribution in [1.29, 1.82) is 5.26 Å². The van der Waals surface area contributed by atoms with Crippen LogP contribution in [0.25, 0.3) is 0 Å². The molecule has 2 aromatic carbocycles. The molecule has 0 aliphatic carbocycles. The quantitative estimate of drug-likeness (QED) is 0.367. The maximum absolute atomic E-state index is 13.6. The van der Waals surface area contributed by atoms with E-state index in [0.29, 0.717) is 59.5 Å². The smallest absolute Gasteiger partial charge is 0.262 e. The van der Waals surface area contributed by atoms with E-state index in [1.54, 1.807) is 24.4 Å². The van der Waals surface area contributed by atoms with Crippen molar-refractivity contribution >= 4 is 52.6 Å². The fraction of sp³-hybridized carbons (Fsp3) is 0.452. The number of pyridine rings is 1. The molecule has 56 heavy (non-hydrogen) atoms. The van der Waals surface area contributed by atoms with Gasteiger partial charge in [-0.05, 0) is 104 Å². The first-order valence-corrected chi connectivity index (χ1v) is 20.0. The van der Waals surface area contributed by atoms with Gasteiger partial charge in [-0.15, -0.1) is 0 Å². The van der Waals surface area contributed by atoms with Crippen LogP contribution in [0.15, 0.2) is 48.7 Å². The molecule has 1 spiro atoms. The molecule has 5 amide bonds. The molecule has 288 valence electrons. The lowest BCUT2D eigenvalue weighted by Crippen LogP contribution is -2.54. The predicted octanol–water partition coefficient (Wildman–Crippen LogP) is 4.51. The summed E-state index contributed by atoms with van der Waals surface area (Å²) in [5, 5.41) is 12.0. The van der Waals surface area contributed by atoms with Gasteiger partial charge in [0.25, 0.3) is 17.7 Å². The van der Waals surface area contributed by atoms with Crippen molar-refractivity contribution in [2.45, 2.75) is 83.1 Å². The summed E-state index contributed by atoms with van der Waals surface area (Å²) in [7, 11) is 0. The monoisotopic (exact) mass is 774 g/mol. The summed E-state index contributed by atoms with van der Waals surface area (Å²) in [6.45, 7) is 7.58. The molecule has 0 saturated carbocycles. The number of carbonyl (C=O) groups is 5. The van der Waals surface area contributed by atoms with Crippen LogP contribution < -0.4 is 15.1 Å². The van der Waals surface area contributed by atoms with Crippen molar-refractivity contribution in [3.05, 3.63) is 87.1 Å². The Morgan fingerprint density at radius 1 is 0.929 bits per heavy atom. The van der Waals surface area contributed by atoms with Gasteiger partial charge in [0.05, 0.1) is 27.3 Å². The third kappa shape index (κ3) is 6.29. The number of nitrogens with one attached hydrogen (secondary N) is 1. The summed E-state index contributed by atoms with van der Waals surface area (Å²) in [5.41, 5.74) is 4.99. The molecule has 7 heterocycles. The van der Waals surface area contributed by atoms with E-state index in [-0.39, 0.29) is 30.2 Å². The highest BCUT2D eigenvalue weighted by molar-refractivity contribution is 6.32. The van der Waals surface area contributed by atoms with Gasteiger partial charge in [-0.1, -0.05) is 11.6 Å². The SMILES string of the molecule is C[C@H]1CC2(CCN(c3ccc(C(=O)N4CCC(N5Cc6cc7c(cc6C5)C(=O)N(C5CCC(=O)NC5=O)C7=O)CC4)cn3)CC2)CN1c1ccc(C#N)c(Cl)c1. The maximum Gasteiger partial charge on any atom is 0.262 e. The number of halogens is 1. The second-order valence-corrected chi connectivity index (χ2v) is 16.8. The minimum Gasteiger partial charge on any atom is -0.368 e. The predicted molar refractivity (Wildman–Crippen MR) is 207 cm³/mol. The van der Waals surface area contributed by atoms with E-state index < -0.39 is 29.7 Å². The fourth-order valence-electron chi connectivity index (χ4n) is 9.98. The molecule has 2 atom stereocenters. The number of hydrogen-bond acceptors (Lipinski definition) is 10. The second-order valence-electron chi connectivity index (χ2n) is 16.4. The number of fused-ring (bicyclic) bond motifs is 2. The Balaban J connectivity index is 0.766. The van der Waals surface area contributed by atoms with Crippen LogP contribution in [0.1, 0.15) is 99.6 Å². The van der Waals surface area contributed by atoms with Crippen LogP contribution in [0.2, 0.25) is 5.02 Å². The van der Waals surface area contributed by atoms with E-state index >= 15 is 0 Å². The summed E-state index contributed by atoms with van der Waals surface area (Å²) in [5.74, 6) is -1.10. The highest BCUT2D eigenvalue weighted by atomic mass is 35.5. The maximum atomic E-state index is 13.6. The summed E-state index contributed by atoms with van der Waals surface area (Å²) in [6, 6.07) is 15.0. The molecule has 4 fully saturated rings. The van der Waals surface area contributed by atoms with Gasteiger partial charge in [-0.2, -0.15) is 5.26 Å². The number of hydrogen-bond donors (Lipinski definition) is 1. The fourth-order valence-corrected chi connectivity index (χ4v) is 10.2. The van der Waals surface area contributed by atoms with Crippen molar-refractivity contribution in [3.63, 3.8) is 0 Å². The molecule has 6 aliphatic heterocycles. The van der Waals surface area contributed by atoms with E-state index in [9.17, 15) is 29.2 Å². The van der Waals surface area contributed by atoms with Crippen molar-refractivity contribution in [2.75, 3.05) is 42.5 Å². The van der Waals surface area contributed by atoms with E-state index in [2.05, 4.69) is 33.0 Å². The summed E-state index contributed by atoms with van der Waals surface area (Å²) in [4.78, 5) is 79.1. The molecule has 14 heteroatoms. The zero-order valence-corrected chi connectivity index (χ0v) is 32.1. The zero-order valence-electron chi connectivity index (χ0n) is 31.3. The van der Waals surface area contributed by atoms with Crippen molar-refractivity contribution in [3.8, 4) is 6.07 Å². The number of nitriles is 1. The lowest BCUT2D eigenvalue weighted by molar-refractivity contribution is -0.136. The Labute approximate surface area is 330 Å². The standard InChI is InChI=1S/C42H43ClN8O5/c1-25-19-42(24-50(25)31-4-2-26(20-44)34(43)18-31)10-14-47(15-11-42)36-6-3-27(21-45-36)39(54)48-12-8-30(9-13-48)49-22-28-16-32-33(17-29(28)23-49)41(56)51(40(32)55)35-5-7-37(52)46-38(35)53/h2-4,6,16-18,21,25,30,35H,5,7-15,19,22-24H2,1H3,(H,46,52,53)/t25-,35?/m0/s1. The first-order valence-electron chi connectivity index (χ1n) is 19.6. The molecule has 0 radical (unpaired) electrons. The number of aromatic nitrogens is 1. The first kappa shape index (κ1) is 36.3. The molecule has 1 N–H and O–H groups in total. The molecule has 13 nitrogen and oxygen atoms in total. The normalized spacial score (nSPS) is 23.8. The molecule has 1 unspecified atom stereocenters. The average Bonchev–Trinajstić information content (AvgIpc) is 3.84. The van der Waals surface area contributed by atoms with E-state index in [0.717, 1.165) is 79.3 Å². The van der Waals surface area contributed by atoms with Crippen LogP contribution in [0.3, 0.4) is 0 Å². The third-order valence-electron chi connectivity index (χ3n) is 13.1. The molecule has 0 bridgehead atoms. The minimum absolute atomic E-state index is 0.0123. The van der Waals surface area contributed by atoms with Gasteiger partial charge >= 0.3 is 0 Å². The molecule has 4 saturated heterocycles. The zero-order chi connectivity index (χ0) is 38.9. The second kappa shape index (κ2) is 14.0. The number of imide groups is 2. The van der Waals surface area contributed by atoms with Gasteiger partial charge in [0.1, 0.15) is 17.9 Å². The number of carbonyl (C=O) groups excluding carboxylic acids is 5. The largest absolute Gasteiger partial charge is 0.368 e. The van der Waals surface area contributed by atoms with E-state index in [4.69, 9.17) is 16.6 Å². The molecular formula is C42H43ClN8O5. The number of amides is 5. The highest BCUT2D eigenvalue weighted by Crippen LogP contribution is 2.46. The average molecular weight is 775 g/mol. The number of benzene rings is 2. The van der Waals surface area contributed by atoms with Crippen LogP contribution in [0.5, 0.6) is 0 Å². The highest BCUT2D eigenvalue weighted by Gasteiger charge is 2.46. The molecule has 1 aromatic heterocycles. The van der Waals surface area contributed by atoms with Crippen molar-refractivity contribution in [1.82, 2.24) is 25.0 Å². The molecule has 6 aliphatic rings. The first-order chi connectivity index (χ1) is 27.0. The Bertz CT molecular complexity index is 2160. The number of piperidine rings is 3. The van der Waals surface area contributed by atoms with Crippen LogP contribution in [-0.2, 0) is 22.7 Å². The Morgan fingerprint density at radius 2 is 1.62 bits per heavy atom. The lowest BCUT2D eigenvalue weighted by Gasteiger charge is -2.40. The lowest BCUT2D eigenvalue weighted by atomic mass is 9.77. The molecule has 3 aromatic rings. The van der Waals surface area contributed by atoms with Gasteiger partial charge < -0.3 is 14.7 Å². The van der Waals surface area contributed by atoms with Gasteiger partial charge in [0.15, 0.2) is 0 Å². The van der Waals surface area contributed by atoms with Crippen molar-refractivity contribution in [2.24, 2.45) is 5.41 Å². The number of rotatable bonds is 5. The topological polar surface area (TPSA) is 150 Å². The van der Waals surface area contributed by atoms with Crippen LogP contribution in [-0.4, -0.2) is 100 Å². The molecule has 9 rings (SSSR count). The van der Waals surface area contributed by atoms with Crippen LogP contribution >= 0.6 is 11.6 Å². The van der Waals surface area contributed by atoms with Gasteiger partial charge in [0.2, 0.25) is 11.8 Å². The molecular weight excluding hydrogens is 732 g/mol. The van der Waals surface area contributed by atoms with E-state index in [1.807, 2.05) is 29.2 Å². The summed E-state index contributed by atoms with van der Waals surface area (Å²) in [6.07, 6.45) is 6.78. The summed E-state index contributed by atoms with van der Waals surface area (Å²) >= 11 is 6.37. The number of likely N-dealkylation sites (tertiary alicyclic amines) is 1. The number of nitrogens with zero attached hydrogens (tertiary/aromatic N) is 7. The Kier molecular flexibility index (Phi) is 9.09. The third-order valence-corrected chi connectivity index (χ3v) is 13.4. The van der Waals surface area contributed by atoms with E-state index in [1.165, 1.54) is 0 Å². The van der Waals surface area contributed by atoms with Gasteiger partial charge in [-0.3, -0.25) is 39.1 Å². The van der Waals surface area contributed by atoms with Crippen LogP contribution in [0, 0.1) is 16.7 Å². The number of anilines is 2. The van der Waals surface area contributed by atoms with Crippen molar-refractivity contribution < 1.29 is 24.0 Å². The van der Waals surface area contributed by atoms with Gasteiger partial charge in [-0.25, -0.2) is 4.98 Å².